The van der Waals surface area contributed by atoms with Gasteiger partial charge < -0.3 is 0 Å². The monoisotopic (exact) mass is 211 g/mol. The molecule has 0 aliphatic carbocycles. The summed E-state index contributed by atoms with van der Waals surface area (Å²) in [6, 6.07) is 1.55. The molecule has 0 bridgehead atoms. The van der Waals surface area contributed by atoms with Crippen molar-refractivity contribution in [2.45, 2.75) is 72.9 Å². The van der Waals surface area contributed by atoms with Crippen LogP contribution in [0.5, 0.6) is 0 Å². The summed E-state index contributed by atoms with van der Waals surface area (Å²) in [5.41, 5.74) is 0.478. The topological polar surface area (TPSA) is 3.24 Å². The molecule has 0 amide bonds. The summed E-state index contributed by atoms with van der Waals surface area (Å²) >= 11 is 0. The van der Waals surface area contributed by atoms with Crippen LogP contribution in [0.2, 0.25) is 0 Å². The van der Waals surface area contributed by atoms with E-state index in [4.69, 9.17) is 0 Å². The molecule has 2 unspecified atom stereocenters. The van der Waals surface area contributed by atoms with Gasteiger partial charge in [-0.05, 0) is 44.4 Å². The molecule has 0 aromatic carbocycles. The van der Waals surface area contributed by atoms with Gasteiger partial charge in [-0.3, -0.25) is 4.90 Å². The van der Waals surface area contributed by atoms with E-state index in [1.807, 2.05) is 0 Å². The molecule has 1 heteroatoms. The minimum Gasteiger partial charge on any atom is -0.298 e. The zero-order valence-electron chi connectivity index (χ0n) is 11.5. The maximum absolute atomic E-state index is 2.72. The minimum absolute atomic E-state index is 0.478. The van der Waals surface area contributed by atoms with Gasteiger partial charge in [-0.1, -0.05) is 27.7 Å². The van der Waals surface area contributed by atoms with E-state index in [-0.39, 0.29) is 0 Å². The SMILES string of the molecule is CCC1CCC(C(C)(C)C)CN1C(C)C. The lowest BCUT2D eigenvalue weighted by atomic mass is 9.74. The molecule has 1 fully saturated rings. The van der Waals surface area contributed by atoms with Crippen LogP contribution >= 0.6 is 0 Å². The molecule has 1 rings (SSSR count). The Morgan fingerprint density at radius 2 is 1.80 bits per heavy atom. The highest BCUT2D eigenvalue weighted by atomic mass is 15.2. The fourth-order valence-corrected chi connectivity index (χ4v) is 2.83. The normalized spacial score (nSPS) is 29.8. The number of hydrogen-bond acceptors (Lipinski definition) is 1. The van der Waals surface area contributed by atoms with Gasteiger partial charge in [-0.15, -0.1) is 0 Å². The van der Waals surface area contributed by atoms with Crippen molar-refractivity contribution in [2.75, 3.05) is 6.54 Å². The second kappa shape index (κ2) is 4.86. The van der Waals surface area contributed by atoms with Crippen LogP contribution in [0, 0.1) is 11.3 Å². The lowest BCUT2D eigenvalue weighted by Crippen LogP contribution is -2.49. The first kappa shape index (κ1) is 13.0. The van der Waals surface area contributed by atoms with E-state index in [0.717, 1.165) is 12.0 Å². The highest BCUT2D eigenvalue weighted by Crippen LogP contribution is 2.36. The first-order valence-electron chi connectivity index (χ1n) is 6.62. The molecule has 0 radical (unpaired) electrons. The summed E-state index contributed by atoms with van der Waals surface area (Å²) in [4.78, 5) is 2.72. The molecular weight excluding hydrogens is 182 g/mol. The second-order valence-corrected chi connectivity index (χ2v) is 6.49. The van der Waals surface area contributed by atoms with E-state index in [1.165, 1.54) is 25.8 Å². The van der Waals surface area contributed by atoms with Crippen LogP contribution in [0.4, 0.5) is 0 Å². The highest BCUT2D eigenvalue weighted by Gasteiger charge is 2.34. The summed E-state index contributed by atoms with van der Waals surface area (Å²) in [6.45, 7) is 15.5. The van der Waals surface area contributed by atoms with Gasteiger partial charge in [-0.25, -0.2) is 0 Å². The Kier molecular flexibility index (Phi) is 4.22. The Morgan fingerprint density at radius 3 is 2.20 bits per heavy atom. The van der Waals surface area contributed by atoms with Crippen molar-refractivity contribution in [3.05, 3.63) is 0 Å². The molecule has 1 saturated heterocycles. The molecule has 0 saturated carbocycles. The first-order chi connectivity index (χ1) is 6.86. The summed E-state index contributed by atoms with van der Waals surface area (Å²) in [6.07, 6.45) is 4.14. The van der Waals surface area contributed by atoms with Gasteiger partial charge in [0.2, 0.25) is 0 Å². The van der Waals surface area contributed by atoms with Gasteiger partial charge in [0.1, 0.15) is 0 Å². The van der Waals surface area contributed by atoms with Crippen molar-refractivity contribution in [1.82, 2.24) is 4.90 Å². The van der Waals surface area contributed by atoms with E-state index in [2.05, 4.69) is 46.4 Å². The predicted octanol–water partition coefficient (Wildman–Crippen LogP) is 3.93. The van der Waals surface area contributed by atoms with Crippen LogP contribution in [0.3, 0.4) is 0 Å². The smallest absolute Gasteiger partial charge is 0.00955 e. The van der Waals surface area contributed by atoms with Crippen molar-refractivity contribution in [2.24, 2.45) is 11.3 Å². The van der Waals surface area contributed by atoms with Crippen LogP contribution in [0.15, 0.2) is 0 Å². The molecule has 1 heterocycles. The summed E-state index contributed by atoms with van der Waals surface area (Å²) in [7, 11) is 0. The van der Waals surface area contributed by atoms with E-state index in [1.54, 1.807) is 0 Å². The van der Waals surface area contributed by atoms with E-state index >= 15 is 0 Å². The Hall–Kier alpha value is -0.0400. The summed E-state index contributed by atoms with van der Waals surface area (Å²) in [5, 5.41) is 0. The molecule has 2 atom stereocenters. The number of nitrogens with zero attached hydrogens (tertiary/aromatic N) is 1. The molecule has 0 aromatic rings. The number of hydrogen-bond donors (Lipinski definition) is 0. The molecule has 0 aromatic heterocycles. The van der Waals surface area contributed by atoms with Crippen LogP contribution in [-0.2, 0) is 0 Å². The molecule has 1 nitrogen and oxygen atoms in total. The third-order valence-corrected chi connectivity index (χ3v) is 4.11. The standard InChI is InChI=1S/C14H29N/c1-7-13-9-8-12(14(4,5)6)10-15(13)11(2)3/h11-13H,7-10H2,1-6H3. The van der Waals surface area contributed by atoms with Crippen molar-refractivity contribution in [3.63, 3.8) is 0 Å². The number of piperidine rings is 1. The quantitative estimate of drug-likeness (QED) is 0.669. The molecule has 1 aliphatic heterocycles. The second-order valence-electron chi connectivity index (χ2n) is 6.49. The van der Waals surface area contributed by atoms with Gasteiger partial charge in [-0.2, -0.15) is 0 Å². The molecule has 15 heavy (non-hydrogen) atoms. The zero-order chi connectivity index (χ0) is 11.6. The van der Waals surface area contributed by atoms with Crippen LogP contribution in [-0.4, -0.2) is 23.5 Å². The first-order valence-corrected chi connectivity index (χ1v) is 6.62. The van der Waals surface area contributed by atoms with Crippen molar-refractivity contribution >= 4 is 0 Å². The zero-order valence-corrected chi connectivity index (χ0v) is 11.5. The van der Waals surface area contributed by atoms with Crippen molar-refractivity contribution in [1.29, 1.82) is 0 Å². The third kappa shape index (κ3) is 3.21. The Balaban J connectivity index is 2.66. The average Bonchev–Trinajstić information content (AvgIpc) is 2.15. The fourth-order valence-electron chi connectivity index (χ4n) is 2.83. The van der Waals surface area contributed by atoms with Crippen molar-refractivity contribution in [3.8, 4) is 0 Å². The molecule has 0 N–H and O–H groups in total. The maximum atomic E-state index is 2.72. The molecule has 0 spiro atoms. The molecule has 90 valence electrons. The maximum Gasteiger partial charge on any atom is 0.00955 e. The van der Waals surface area contributed by atoms with Gasteiger partial charge in [0.15, 0.2) is 0 Å². The van der Waals surface area contributed by atoms with Gasteiger partial charge >= 0.3 is 0 Å². The largest absolute Gasteiger partial charge is 0.298 e. The van der Waals surface area contributed by atoms with E-state index in [9.17, 15) is 0 Å². The Bertz CT molecular complexity index is 190. The molecular formula is C14H29N. The van der Waals surface area contributed by atoms with Crippen LogP contribution in [0.1, 0.15) is 60.8 Å². The van der Waals surface area contributed by atoms with E-state index in [0.29, 0.717) is 11.5 Å². The Labute approximate surface area is 96.2 Å². The highest BCUT2D eigenvalue weighted by molar-refractivity contribution is 4.87. The average molecular weight is 211 g/mol. The van der Waals surface area contributed by atoms with E-state index < -0.39 is 0 Å². The number of likely N-dealkylation sites (tertiary alicyclic amines) is 1. The minimum atomic E-state index is 0.478. The Morgan fingerprint density at radius 1 is 1.20 bits per heavy atom. The predicted molar refractivity (Wildman–Crippen MR) is 68.1 cm³/mol. The van der Waals surface area contributed by atoms with Crippen LogP contribution < -0.4 is 0 Å². The lowest BCUT2D eigenvalue weighted by molar-refractivity contribution is 0.0322. The molecule has 1 aliphatic rings. The van der Waals surface area contributed by atoms with Crippen LogP contribution in [0.25, 0.3) is 0 Å². The lowest BCUT2D eigenvalue weighted by Gasteiger charge is -2.46. The van der Waals surface area contributed by atoms with Gasteiger partial charge in [0.05, 0.1) is 0 Å². The third-order valence-electron chi connectivity index (χ3n) is 4.11. The summed E-state index contributed by atoms with van der Waals surface area (Å²) in [5.74, 6) is 0.877. The van der Waals surface area contributed by atoms with Crippen molar-refractivity contribution < 1.29 is 0 Å². The van der Waals surface area contributed by atoms with Gasteiger partial charge in [0, 0.05) is 18.6 Å². The van der Waals surface area contributed by atoms with Gasteiger partial charge in [0.25, 0.3) is 0 Å². The summed E-state index contributed by atoms with van der Waals surface area (Å²) < 4.78 is 0. The fraction of sp³-hybridized carbons (Fsp3) is 1.00. The number of rotatable bonds is 2.